The Hall–Kier alpha value is -2.45. The second kappa shape index (κ2) is 6.81. The molecule has 7 nitrogen and oxygen atoms in total. The molecule has 0 atom stereocenters. The number of likely N-dealkylation sites (N-methyl/N-ethyl adjacent to an activating group) is 1. The van der Waals surface area contributed by atoms with Gasteiger partial charge in [-0.15, -0.1) is 0 Å². The fraction of sp³-hybridized carbons (Fsp3) is 0.294. The Morgan fingerprint density at radius 2 is 1.92 bits per heavy atom. The first-order valence-electron chi connectivity index (χ1n) is 7.90. The molecule has 0 saturated heterocycles. The Labute approximate surface area is 147 Å². The van der Waals surface area contributed by atoms with Crippen LogP contribution in [0.25, 0.3) is 22.6 Å². The number of benzene rings is 1. The lowest BCUT2D eigenvalue weighted by Gasteiger charge is -2.15. The summed E-state index contributed by atoms with van der Waals surface area (Å²) in [6.07, 6.45) is 4.72. The van der Waals surface area contributed by atoms with Crippen LogP contribution in [0.4, 0.5) is 0 Å². The minimum absolute atomic E-state index is 0.365. The minimum atomic E-state index is -3.21. The number of nitrogens with one attached hydrogen (secondary N) is 1. The molecule has 1 N–H and O–H groups in total. The third-order valence-corrected chi connectivity index (χ3v) is 5.38. The smallest absolute Gasteiger partial charge is 0.211 e. The number of nitrogens with zero attached hydrogens (tertiary/aromatic N) is 4. The fourth-order valence-electron chi connectivity index (χ4n) is 2.60. The Balaban J connectivity index is 2.00. The Bertz CT molecular complexity index is 960. The van der Waals surface area contributed by atoms with Crippen molar-refractivity contribution in [2.75, 3.05) is 19.8 Å². The molecule has 0 aliphatic rings. The summed E-state index contributed by atoms with van der Waals surface area (Å²) < 4.78 is 26.5. The van der Waals surface area contributed by atoms with E-state index in [1.54, 1.807) is 19.6 Å². The quantitative estimate of drug-likeness (QED) is 0.731. The minimum Gasteiger partial charge on any atom is -0.341 e. The van der Waals surface area contributed by atoms with Crippen molar-refractivity contribution < 1.29 is 8.42 Å². The number of aromatic amines is 1. The first kappa shape index (κ1) is 17.4. The van der Waals surface area contributed by atoms with Crippen LogP contribution < -0.4 is 0 Å². The predicted molar refractivity (Wildman–Crippen MR) is 97.5 cm³/mol. The topological polar surface area (TPSA) is 83.9 Å². The van der Waals surface area contributed by atoms with Gasteiger partial charge in [-0.25, -0.2) is 22.7 Å². The van der Waals surface area contributed by atoms with Crippen LogP contribution in [-0.4, -0.2) is 52.1 Å². The van der Waals surface area contributed by atoms with Gasteiger partial charge in [-0.1, -0.05) is 30.3 Å². The van der Waals surface area contributed by atoms with E-state index in [2.05, 4.69) is 15.0 Å². The molecule has 132 valence electrons. The normalized spacial score (nSPS) is 12.0. The van der Waals surface area contributed by atoms with Gasteiger partial charge in [-0.2, -0.15) is 0 Å². The average molecular weight is 359 g/mol. The maximum absolute atomic E-state index is 11.6. The zero-order valence-electron chi connectivity index (χ0n) is 14.5. The maximum atomic E-state index is 11.6. The van der Waals surface area contributed by atoms with Gasteiger partial charge in [0.1, 0.15) is 5.82 Å². The van der Waals surface area contributed by atoms with Gasteiger partial charge < -0.3 is 9.55 Å². The van der Waals surface area contributed by atoms with Crippen molar-refractivity contribution in [3.63, 3.8) is 0 Å². The molecule has 0 amide bonds. The zero-order valence-corrected chi connectivity index (χ0v) is 15.3. The second-order valence-corrected chi connectivity index (χ2v) is 8.06. The summed E-state index contributed by atoms with van der Waals surface area (Å²) in [6, 6.07) is 9.90. The molecule has 0 radical (unpaired) electrons. The van der Waals surface area contributed by atoms with Gasteiger partial charge >= 0.3 is 0 Å². The molecule has 0 aliphatic heterocycles. The highest BCUT2D eigenvalue weighted by Gasteiger charge is 2.18. The molecular weight excluding hydrogens is 338 g/mol. The van der Waals surface area contributed by atoms with Gasteiger partial charge in [-0.3, -0.25) is 0 Å². The van der Waals surface area contributed by atoms with Crippen LogP contribution >= 0.6 is 0 Å². The molecule has 3 aromatic rings. The highest BCUT2D eigenvalue weighted by Crippen LogP contribution is 2.30. The number of hydrogen-bond donors (Lipinski definition) is 1. The molecule has 1 aromatic carbocycles. The highest BCUT2D eigenvalue weighted by atomic mass is 32.2. The van der Waals surface area contributed by atoms with E-state index >= 15 is 0 Å². The van der Waals surface area contributed by atoms with Crippen LogP contribution in [0.1, 0.15) is 5.82 Å². The van der Waals surface area contributed by atoms with Crippen LogP contribution in [-0.2, 0) is 16.6 Å². The summed E-state index contributed by atoms with van der Waals surface area (Å²) in [4.78, 5) is 12.1. The predicted octanol–water partition coefficient (Wildman–Crippen LogP) is 2.14. The van der Waals surface area contributed by atoms with E-state index < -0.39 is 10.0 Å². The zero-order chi connectivity index (χ0) is 18.0. The van der Waals surface area contributed by atoms with Gasteiger partial charge in [0.05, 0.1) is 35.9 Å². The van der Waals surface area contributed by atoms with Crippen LogP contribution in [0.15, 0.2) is 42.9 Å². The summed E-state index contributed by atoms with van der Waals surface area (Å²) in [7, 11) is -1.64. The molecule has 25 heavy (non-hydrogen) atoms. The third kappa shape index (κ3) is 3.80. The third-order valence-electron chi connectivity index (χ3n) is 4.06. The Morgan fingerprint density at radius 3 is 2.52 bits per heavy atom. The fourth-order valence-corrected chi connectivity index (χ4v) is 3.01. The first-order chi connectivity index (χ1) is 11.9. The molecule has 8 heteroatoms. The van der Waals surface area contributed by atoms with Crippen LogP contribution in [0.3, 0.4) is 0 Å². The van der Waals surface area contributed by atoms with E-state index in [0.29, 0.717) is 13.1 Å². The molecular formula is C17H21N5O2S. The summed E-state index contributed by atoms with van der Waals surface area (Å²) in [5, 5.41) is 0. The SMILES string of the molecule is Cc1ncc(-c2c(-c3ccccc3)ncn2CCN(C)S(C)(=O)=O)[nH]1. The monoisotopic (exact) mass is 359 g/mol. The molecule has 0 fully saturated rings. The molecule has 2 aromatic heterocycles. The van der Waals surface area contributed by atoms with Crippen molar-refractivity contribution >= 4 is 10.0 Å². The largest absolute Gasteiger partial charge is 0.341 e. The number of aromatic nitrogens is 4. The van der Waals surface area contributed by atoms with E-state index in [1.165, 1.54) is 10.6 Å². The van der Waals surface area contributed by atoms with Crippen LogP contribution in [0.2, 0.25) is 0 Å². The van der Waals surface area contributed by atoms with Crippen molar-refractivity contribution in [3.8, 4) is 22.6 Å². The highest BCUT2D eigenvalue weighted by molar-refractivity contribution is 7.88. The Kier molecular flexibility index (Phi) is 4.73. The van der Waals surface area contributed by atoms with Crippen LogP contribution in [0.5, 0.6) is 0 Å². The summed E-state index contributed by atoms with van der Waals surface area (Å²) in [5.74, 6) is 0.815. The number of imidazole rings is 2. The number of sulfonamides is 1. The number of aryl methyl sites for hydroxylation is 1. The van der Waals surface area contributed by atoms with Crippen molar-refractivity contribution in [1.29, 1.82) is 0 Å². The van der Waals surface area contributed by atoms with Crippen molar-refractivity contribution in [1.82, 2.24) is 23.8 Å². The number of H-pyrrole nitrogens is 1. The second-order valence-electron chi connectivity index (χ2n) is 5.97. The lowest BCUT2D eigenvalue weighted by Crippen LogP contribution is -2.29. The van der Waals surface area contributed by atoms with Crippen molar-refractivity contribution in [2.24, 2.45) is 0 Å². The lowest BCUT2D eigenvalue weighted by molar-refractivity contribution is 0.450. The summed E-state index contributed by atoms with van der Waals surface area (Å²) in [6.45, 7) is 2.75. The van der Waals surface area contributed by atoms with Gasteiger partial charge in [0, 0.05) is 25.7 Å². The van der Waals surface area contributed by atoms with Crippen molar-refractivity contribution in [2.45, 2.75) is 13.5 Å². The summed E-state index contributed by atoms with van der Waals surface area (Å²) >= 11 is 0. The number of rotatable bonds is 6. The molecule has 0 spiro atoms. The summed E-state index contributed by atoms with van der Waals surface area (Å²) in [5.41, 5.74) is 3.59. The first-order valence-corrected chi connectivity index (χ1v) is 9.75. The maximum Gasteiger partial charge on any atom is 0.211 e. The molecule has 2 heterocycles. The van der Waals surface area contributed by atoms with E-state index in [1.807, 2.05) is 41.8 Å². The molecule has 0 saturated carbocycles. The molecule has 0 aliphatic carbocycles. The standard InChI is InChI=1S/C17H21N5O2S/c1-13-18-11-15(20-13)17-16(14-7-5-4-6-8-14)19-12-22(17)10-9-21(2)25(3,23)24/h4-8,11-12H,9-10H2,1-3H3,(H,18,20). The molecule has 0 unspecified atom stereocenters. The van der Waals surface area contributed by atoms with Gasteiger partial charge in [-0.05, 0) is 6.92 Å². The van der Waals surface area contributed by atoms with E-state index in [-0.39, 0.29) is 0 Å². The number of hydrogen-bond acceptors (Lipinski definition) is 4. The average Bonchev–Trinajstić information content (AvgIpc) is 3.18. The van der Waals surface area contributed by atoms with Crippen LogP contribution in [0, 0.1) is 6.92 Å². The van der Waals surface area contributed by atoms with E-state index in [0.717, 1.165) is 28.5 Å². The van der Waals surface area contributed by atoms with Gasteiger partial charge in [0.2, 0.25) is 10.0 Å². The Morgan fingerprint density at radius 1 is 1.20 bits per heavy atom. The van der Waals surface area contributed by atoms with E-state index in [4.69, 9.17) is 0 Å². The van der Waals surface area contributed by atoms with E-state index in [9.17, 15) is 8.42 Å². The molecule has 0 bridgehead atoms. The van der Waals surface area contributed by atoms with Gasteiger partial charge in [0.15, 0.2) is 0 Å². The molecule has 3 rings (SSSR count). The van der Waals surface area contributed by atoms with Crippen molar-refractivity contribution in [3.05, 3.63) is 48.7 Å². The lowest BCUT2D eigenvalue weighted by atomic mass is 10.1. The van der Waals surface area contributed by atoms with Gasteiger partial charge in [0.25, 0.3) is 0 Å².